The standard InChI is InChI=1S/C11H21N5O2/c1-7(5-6-15(2)3)13-8-9(12)16(4)11(18)14-10(8)17/h7,13H,5-6,12H2,1-4H3,(H,14,17,18). The molecule has 0 spiro atoms. The van der Waals surface area contributed by atoms with Gasteiger partial charge in [-0.3, -0.25) is 14.3 Å². The number of nitrogen functional groups attached to an aromatic ring is 1. The first-order valence-electron chi connectivity index (χ1n) is 5.83. The van der Waals surface area contributed by atoms with Gasteiger partial charge in [-0.05, 0) is 34.0 Å². The summed E-state index contributed by atoms with van der Waals surface area (Å²) in [5.41, 5.74) is 5.02. The van der Waals surface area contributed by atoms with Crippen LogP contribution < -0.4 is 22.3 Å². The summed E-state index contributed by atoms with van der Waals surface area (Å²) in [5, 5.41) is 3.05. The highest BCUT2D eigenvalue weighted by Crippen LogP contribution is 2.11. The molecule has 0 aliphatic heterocycles. The average Bonchev–Trinajstić information content (AvgIpc) is 2.29. The van der Waals surface area contributed by atoms with Crippen LogP contribution in [0.5, 0.6) is 0 Å². The van der Waals surface area contributed by atoms with Crippen molar-refractivity contribution in [2.75, 3.05) is 31.7 Å². The van der Waals surface area contributed by atoms with Crippen LogP contribution in [0.2, 0.25) is 0 Å². The lowest BCUT2D eigenvalue weighted by molar-refractivity contribution is 0.390. The summed E-state index contributed by atoms with van der Waals surface area (Å²) in [6, 6.07) is 0.0910. The van der Waals surface area contributed by atoms with Gasteiger partial charge in [0.25, 0.3) is 5.56 Å². The van der Waals surface area contributed by atoms with Crippen molar-refractivity contribution >= 4 is 11.5 Å². The Hall–Kier alpha value is -1.76. The topological polar surface area (TPSA) is 96.2 Å². The Morgan fingerprint density at radius 1 is 1.44 bits per heavy atom. The second-order valence-electron chi connectivity index (χ2n) is 4.72. The summed E-state index contributed by atoms with van der Waals surface area (Å²) in [4.78, 5) is 27.3. The van der Waals surface area contributed by atoms with E-state index in [1.807, 2.05) is 21.0 Å². The van der Waals surface area contributed by atoms with Crippen LogP contribution in [0.15, 0.2) is 9.59 Å². The Balaban J connectivity index is 2.88. The van der Waals surface area contributed by atoms with E-state index in [9.17, 15) is 9.59 Å². The van der Waals surface area contributed by atoms with Crippen molar-refractivity contribution in [3.63, 3.8) is 0 Å². The lowest BCUT2D eigenvalue weighted by Crippen LogP contribution is -2.34. The number of nitrogens with zero attached hydrogens (tertiary/aromatic N) is 2. The predicted octanol–water partition coefficient (Wildman–Crippen LogP) is -0.592. The molecule has 0 amide bonds. The van der Waals surface area contributed by atoms with Crippen molar-refractivity contribution in [1.29, 1.82) is 0 Å². The first kappa shape index (κ1) is 14.3. The van der Waals surface area contributed by atoms with Crippen LogP contribution >= 0.6 is 0 Å². The molecule has 1 unspecified atom stereocenters. The van der Waals surface area contributed by atoms with Crippen molar-refractivity contribution in [1.82, 2.24) is 14.5 Å². The van der Waals surface area contributed by atoms with Crippen LogP contribution in [-0.4, -0.2) is 41.1 Å². The summed E-state index contributed by atoms with van der Waals surface area (Å²) >= 11 is 0. The molecule has 18 heavy (non-hydrogen) atoms. The Morgan fingerprint density at radius 2 is 2.06 bits per heavy atom. The molecule has 0 aliphatic carbocycles. The Labute approximate surface area is 106 Å². The van der Waals surface area contributed by atoms with Crippen LogP contribution in [0.3, 0.4) is 0 Å². The molecular weight excluding hydrogens is 234 g/mol. The molecule has 7 nitrogen and oxygen atoms in total. The van der Waals surface area contributed by atoms with Crippen molar-refractivity contribution in [3.8, 4) is 0 Å². The van der Waals surface area contributed by atoms with E-state index in [2.05, 4.69) is 15.2 Å². The number of anilines is 2. The fraction of sp³-hybridized carbons (Fsp3) is 0.636. The van der Waals surface area contributed by atoms with E-state index in [1.54, 1.807) is 0 Å². The van der Waals surface area contributed by atoms with Gasteiger partial charge >= 0.3 is 5.69 Å². The van der Waals surface area contributed by atoms with Crippen molar-refractivity contribution in [3.05, 3.63) is 20.8 Å². The van der Waals surface area contributed by atoms with Crippen LogP contribution in [-0.2, 0) is 7.05 Å². The van der Waals surface area contributed by atoms with Crippen molar-refractivity contribution < 1.29 is 0 Å². The molecule has 0 saturated carbocycles. The van der Waals surface area contributed by atoms with Gasteiger partial charge in [-0.15, -0.1) is 0 Å². The molecule has 4 N–H and O–H groups in total. The number of aromatic nitrogens is 2. The molecule has 1 atom stereocenters. The quantitative estimate of drug-likeness (QED) is 0.653. The van der Waals surface area contributed by atoms with Gasteiger partial charge < -0.3 is 16.0 Å². The van der Waals surface area contributed by atoms with Gasteiger partial charge in [0, 0.05) is 13.1 Å². The third-order valence-electron chi connectivity index (χ3n) is 2.77. The van der Waals surface area contributed by atoms with E-state index in [0.29, 0.717) is 0 Å². The van der Waals surface area contributed by atoms with Crippen LogP contribution in [0.4, 0.5) is 11.5 Å². The minimum absolute atomic E-state index is 0.0910. The first-order chi connectivity index (χ1) is 8.32. The number of rotatable bonds is 5. The average molecular weight is 255 g/mol. The Morgan fingerprint density at radius 3 is 2.61 bits per heavy atom. The highest BCUT2D eigenvalue weighted by atomic mass is 16.2. The smallest absolute Gasteiger partial charge is 0.329 e. The van der Waals surface area contributed by atoms with Gasteiger partial charge in [-0.1, -0.05) is 0 Å². The maximum atomic E-state index is 11.7. The number of hydrogen-bond donors (Lipinski definition) is 3. The highest BCUT2D eigenvalue weighted by molar-refractivity contribution is 5.60. The molecule has 1 aromatic heterocycles. The van der Waals surface area contributed by atoms with E-state index in [4.69, 9.17) is 5.73 Å². The fourth-order valence-corrected chi connectivity index (χ4v) is 1.55. The second kappa shape index (κ2) is 5.72. The van der Waals surface area contributed by atoms with Gasteiger partial charge in [0.1, 0.15) is 11.5 Å². The van der Waals surface area contributed by atoms with E-state index in [-0.39, 0.29) is 17.5 Å². The molecule has 0 bridgehead atoms. The molecule has 0 aromatic carbocycles. The lowest BCUT2D eigenvalue weighted by Gasteiger charge is -2.18. The van der Waals surface area contributed by atoms with Gasteiger partial charge in [-0.25, -0.2) is 4.79 Å². The predicted molar refractivity (Wildman–Crippen MR) is 73.0 cm³/mol. The zero-order chi connectivity index (χ0) is 13.9. The van der Waals surface area contributed by atoms with Crippen LogP contribution in [0.1, 0.15) is 13.3 Å². The minimum Gasteiger partial charge on any atom is -0.383 e. The minimum atomic E-state index is -0.510. The maximum Gasteiger partial charge on any atom is 0.329 e. The molecule has 1 rings (SSSR count). The Kier molecular flexibility index (Phi) is 4.55. The molecule has 1 heterocycles. The monoisotopic (exact) mass is 255 g/mol. The molecule has 1 aromatic rings. The number of nitrogens with one attached hydrogen (secondary N) is 2. The second-order valence-corrected chi connectivity index (χ2v) is 4.72. The summed E-state index contributed by atoms with van der Waals surface area (Å²) in [7, 11) is 5.49. The molecule has 0 radical (unpaired) electrons. The molecular formula is C11H21N5O2. The highest BCUT2D eigenvalue weighted by Gasteiger charge is 2.12. The Bertz CT molecular complexity index is 517. The summed E-state index contributed by atoms with van der Waals surface area (Å²) in [6.07, 6.45) is 0.870. The summed E-state index contributed by atoms with van der Waals surface area (Å²) in [6.45, 7) is 2.87. The maximum absolute atomic E-state index is 11.7. The van der Waals surface area contributed by atoms with Gasteiger partial charge in [-0.2, -0.15) is 0 Å². The third-order valence-corrected chi connectivity index (χ3v) is 2.77. The van der Waals surface area contributed by atoms with Gasteiger partial charge in [0.15, 0.2) is 0 Å². The van der Waals surface area contributed by atoms with Crippen molar-refractivity contribution in [2.24, 2.45) is 7.05 Å². The molecule has 0 fully saturated rings. The lowest BCUT2D eigenvalue weighted by atomic mass is 10.2. The van der Waals surface area contributed by atoms with Crippen LogP contribution in [0.25, 0.3) is 0 Å². The van der Waals surface area contributed by atoms with Crippen LogP contribution in [0, 0.1) is 0 Å². The number of nitrogens with two attached hydrogens (primary N) is 1. The van der Waals surface area contributed by atoms with E-state index in [1.165, 1.54) is 11.6 Å². The summed E-state index contributed by atoms with van der Waals surface area (Å²) in [5.74, 6) is 0.153. The van der Waals surface area contributed by atoms with Crippen molar-refractivity contribution in [2.45, 2.75) is 19.4 Å². The normalized spacial score (nSPS) is 12.7. The van der Waals surface area contributed by atoms with Gasteiger partial charge in [0.05, 0.1) is 0 Å². The SMILES string of the molecule is CC(CCN(C)C)Nc1c(N)n(C)c(=O)[nH]c1=O. The van der Waals surface area contributed by atoms with Gasteiger partial charge in [0.2, 0.25) is 0 Å². The van der Waals surface area contributed by atoms with E-state index < -0.39 is 11.2 Å². The van der Waals surface area contributed by atoms with E-state index >= 15 is 0 Å². The summed E-state index contributed by atoms with van der Waals surface area (Å²) < 4.78 is 1.21. The zero-order valence-electron chi connectivity index (χ0n) is 11.3. The number of hydrogen-bond acceptors (Lipinski definition) is 5. The number of aromatic amines is 1. The molecule has 0 aliphatic rings. The van der Waals surface area contributed by atoms with E-state index in [0.717, 1.165) is 13.0 Å². The first-order valence-corrected chi connectivity index (χ1v) is 5.83. The largest absolute Gasteiger partial charge is 0.383 e. The molecule has 0 saturated heterocycles. The molecule has 7 heteroatoms. The molecule has 102 valence electrons. The third kappa shape index (κ3) is 3.36. The fourth-order valence-electron chi connectivity index (χ4n) is 1.55. The zero-order valence-corrected chi connectivity index (χ0v) is 11.3. The number of H-pyrrole nitrogens is 1.